The van der Waals surface area contributed by atoms with Crippen molar-refractivity contribution in [2.75, 3.05) is 13.7 Å². The maximum absolute atomic E-state index is 12.0. The molecular formula is C14H17NO5S. The van der Waals surface area contributed by atoms with Crippen LogP contribution in [0.15, 0.2) is 52.0 Å². The number of benzene rings is 1. The van der Waals surface area contributed by atoms with Gasteiger partial charge in [-0.3, -0.25) is 0 Å². The molecule has 0 saturated heterocycles. The van der Waals surface area contributed by atoms with Crippen molar-refractivity contribution < 1.29 is 22.7 Å². The van der Waals surface area contributed by atoms with Gasteiger partial charge in [0.1, 0.15) is 17.6 Å². The third-order valence-corrected chi connectivity index (χ3v) is 4.43. The lowest BCUT2D eigenvalue weighted by molar-refractivity contribution is 0.142. The zero-order chi connectivity index (χ0) is 15.3. The summed E-state index contributed by atoms with van der Waals surface area (Å²) in [7, 11) is -2.09. The number of nitrogens with one attached hydrogen (secondary N) is 1. The number of ether oxygens (including phenoxy) is 1. The Morgan fingerprint density at radius 3 is 2.57 bits per heavy atom. The summed E-state index contributed by atoms with van der Waals surface area (Å²) in [6, 6.07) is 9.38. The van der Waals surface area contributed by atoms with Crippen LogP contribution in [0.2, 0.25) is 0 Å². The van der Waals surface area contributed by atoms with E-state index in [1.54, 1.807) is 24.3 Å². The Morgan fingerprint density at radius 1 is 1.29 bits per heavy atom. The van der Waals surface area contributed by atoms with Crippen LogP contribution in [0.5, 0.6) is 5.75 Å². The van der Waals surface area contributed by atoms with Crippen LogP contribution in [-0.4, -0.2) is 27.2 Å². The first kappa shape index (κ1) is 15.6. The number of aliphatic hydroxyl groups is 1. The number of hydrogen-bond acceptors (Lipinski definition) is 5. The molecule has 0 spiro atoms. The van der Waals surface area contributed by atoms with Gasteiger partial charge in [0.15, 0.2) is 0 Å². The predicted molar refractivity (Wildman–Crippen MR) is 76.5 cm³/mol. The second kappa shape index (κ2) is 6.75. The minimum absolute atomic E-state index is 0.107. The maximum Gasteiger partial charge on any atom is 0.240 e. The molecule has 0 fully saturated rings. The van der Waals surface area contributed by atoms with E-state index >= 15 is 0 Å². The average Bonchev–Trinajstić information content (AvgIpc) is 3.01. The molecule has 0 saturated carbocycles. The van der Waals surface area contributed by atoms with Gasteiger partial charge in [-0.05, 0) is 42.8 Å². The van der Waals surface area contributed by atoms with Gasteiger partial charge in [0.25, 0.3) is 0 Å². The van der Waals surface area contributed by atoms with Crippen molar-refractivity contribution in [3.63, 3.8) is 0 Å². The van der Waals surface area contributed by atoms with Gasteiger partial charge >= 0.3 is 0 Å². The Balaban J connectivity index is 1.91. The fraction of sp³-hybridized carbons (Fsp3) is 0.286. The summed E-state index contributed by atoms with van der Waals surface area (Å²) >= 11 is 0. The van der Waals surface area contributed by atoms with Gasteiger partial charge < -0.3 is 14.3 Å². The normalized spacial score (nSPS) is 13.0. The van der Waals surface area contributed by atoms with Crippen molar-refractivity contribution in [2.45, 2.75) is 17.4 Å². The van der Waals surface area contributed by atoms with Crippen molar-refractivity contribution in [3.05, 3.63) is 48.4 Å². The van der Waals surface area contributed by atoms with Crippen LogP contribution in [0, 0.1) is 0 Å². The van der Waals surface area contributed by atoms with E-state index < -0.39 is 16.1 Å². The lowest BCUT2D eigenvalue weighted by Gasteiger charge is -2.10. The summed E-state index contributed by atoms with van der Waals surface area (Å²) in [6.07, 6.45) is 0.849. The third kappa shape index (κ3) is 4.07. The highest BCUT2D eigenvalue weighted by Gasteiger charge is 2.16. The lowest BCUT2D eigenvalue weighted by Crippen LogP contribution is -2.25. The topological polar surface area (TPSA) is 88.8 Å². The Kier molecular flexibility index (Phi) is 5.00. The van der Waals surface area contributed by atoms with E-state index in [1.807, 2.05) is 0 Å². The zero-order valence-electron chi connectivity index (χ0n) is 11.5. The molecule has 0 aliphatic heterocycles. The highest BCUT2D eigenvalue weighted by atomic mass is 32.2. The third-order valence-electron chi connectivity index (χ3n) is 2.95. The smallest absolute Gasteiger partial charge is 0.240 e. The molecule has 1 heterocycles. The van der Waals surface area contributed by atoms with Crippen LogP contribution in [0.3, 0.4) is 0 Å². The molecule has 2 N–H and O–H groups in total. The average molecular weight is 311 g/mol. The number of methoxy groups -OCH3 is 1. The number of rotatable bonds is 7. The van der Waals surface area contributed by atoms with E-state index in [2.05, 4.69) is 4.72 Å². The van der Waals surface area contributed by atoms with E-state index in [9.17, 15) is 13.5 Å². The van der Waals surface area contributed by atoms with Crippen molar-refractivity contribution in [1.82, 2.24) is 4.72 Å². The van der Waals surface area contributed by atoms with Gasteiger partial charge in [0, 0.05) is 6.54 Å². The highest BCUT2D eigenvalue weighted by Crippen LogP contribution is 2.18. The summed E-state index contributed by atoms with van der Waals surface area (Å²) in [5, 5.41) is 9.80. The number of sulfonamides is 1. The highest BCUT2D eigenvalue weighted by molar-refractivity contribution is 7.89. The number of furan rings is 1. The molecule has 0 amide bonds. The van der Waals surface area contributed by atoms with Gasteiger partial charge in [-0.2, -0.15) is 0 Å². The molecule has 7 heteroatoms. The van der Waals surface area contributed by atoms with Gasteiger partial charge in [0.2, 0.25) is 10.0 Å². The Morgan fingerprint density at radius 2 is 2.00 bits per heavy atom. The molecular weight excluding hydrogens is 294 g/mol. The monoisotopic (exact) mass is 311 g/mol. The van der Waals surface area contributed by atoms with Crippen LogP contribution >= 0.6 is 0 Å². The quantitative estimate of drug-likeness (QED) is 0.812. The van der Waals surface area contributed by atoms with Gasteiger partial charge in [-0.25, -0.2) is 13.1 Å². The van der Waals surface area contributed by atoms with E-state index in [0.29, 0.717) is 11.5 Å². The molecule has 1 unspecified atom stereocenters. The molecule has 114 valence electrons. The molecule has 2 aromatic rings. The van der Waals surface area contributed by atoms with Crippen molar-refractivity contribution >= 4 is 10.0 Å². The van der Waals surface area contributed by atoms with Gasteiger partial charge in [0.05, 0.1) is 18.3 Å². The second-order valence-corrected chi connectivity index (χ2v) is 6.16. The minimum Gasteiger partial charge on any atom is -0.497 e. The van der Waals surface area contributed by atoms with Crippen LogP contribution in [0.1, 0.15) is 18.3 Å². The Labute approximate surface area is 123 Å². The van der Waals surface area contributed by atoms with Crippen LogP contribution in [0.25, 0.3) is 0 Å². The Bertz CT molecular complexity index is 649. The van der Waals surface area contributed by atoms with Gasteiger partial charge in [-0.15, -0.1) is 0 Å². The molecule has 0 bridgehead atoms. The summed E-state index contributed by atoms with van der Waals surface area (Å²) in [5.74, 6) is 1.00. The number of hydrogen-bond donors (Lipinski definition) is 2. The summed E-state index contributed by atoms with van der Waals surface area (Å²) in [5.41, 5.74) is 0. The molecule has 1 aromatic heterocycles. The summed E-state index contributed by atoms with van der Waals surface area (Å²) in [4.78, 5) is 0.149. The predicted octanol–water partition coefficient (Wildman–Crippen LogP) is 1.69. The molecule has 2 rings (SSSR count). The van der Waals surface area contributed by atoms with Crippen molar-refractivity contribution in [2.24, 2.45) is 0 Å². The fourth-order valence-electron chi connectivity index (χ4n) is 1.79. The standard InChI is InChI=1S/C14H17NO5S/c1-19-11-4-6-12(7-5-11)21(17,18)15-9-8-13(16)14-3-2-10-20-14/h2-7,10,13,15-16H,8-9H2,1H3. The van der Waals surface area contributed by atoms with Crippen LogP contribution in [-0.2, 0) is 10.0 Å². The van der Waals surface area contributed by atoms with E-state index in [-0.39, 0.29) is 17.9 Å². The first-order valence-electron chi connectivity index (χ1n) is 6.38. The lowest BCUT2D eigenvalue weighted by atomic mass is 10.2. The van der Waals surface area contributed by atoms with Crippen LogP contribution < -0.4 is 9.46 Å². The largest absolute Gasteiger partial charge is 0.497 e. The minimum atomic E-state index is -3.60. The number of aliphatic hydroxyl groups excluding tert-OH is 1. The first-order chi connectivity index (χ1) is 10.0. The zero-order valence-corrected chi connectivity index (χ0v) is 12.3. The summed E-state index contributed by atoms with van der Waals surface area (Å²) in [6.45, 7) is 0.107. The molecule has 1 aromatic carbocycles. The molecule has 0 radical (unpaired) electrons. The SMILES string of the molecule is COc1ccc(S(=O)(=O)NCCC(O)c2ccco2)cc1. The second-order valence-electron chi connectivity index (χ2n) is 4.39. The van der Waals surface area contributed by atoms with Crippen LogP contribution in [0.4, 0.5) is 0 Å². The van der Waals surface area contributed by atoms with Gasteiger partial charge in [-0.1, -0.05) is 0 Å². The van der Waals surface area contributed by atoms with E-state index in [4.69, 9.17) is 9.15 Å². The fourth-order valence-corrected chi connectivity index (χ4v) is 2.84. The Hall–Kier alpha value is -1.83. The molecule has 6 nitrogen and oxygen atoms in total. The molecule has 1 atom stereocenters. The van der Waals surface area contributed by atoms with E-state index in [0.717, 1.165) is 0 Å². The summed E-state index contributed by atoms with van der Waals surface area (Å²) < 4.78 is 36.5. The first-order valence-corrected chi connectivity index (χ1v) is 7.86. The van der Waals surface area contributed by atoms with Crippen molar-refractivity contribution in [1.29, 1.82) is 0 Å². The molecule has 0 aliphatic carbocycles. The van der Waals surface area contributed by atoms with E-state index in [1.165, 1.54) is 25.5 Å². The molecule has 0 aliphatic rings. The maximum atomic E-state index is 12.0. The van der Waals surface area contributed by atoms with Crippen molar-refractivity contribution in [3.8, 4) is 5.75 Å². The molecule has 21 heavy (non-hydrogen) atoms.